The first-order chi connectivity index (χ1) is 5.81. The fraction of sp³-hybridized carbons (Fsp3) is 0.167. The Labute approximate surface area is 74.1 Å². The van der Waals surface area contributed by atoms with Crippen molar-refractivity contribution < 1.29 is 0 Å². The predicted octanol–water partition coefficient (Wildman–Crippen LogP) is 1.45. The van der Waals surface area contributed by atoms with Crippen LogP contribution in [-0.2, 0) is 0 Å². The lowest BCUT2D eigenvalue weighted by Crippen LogP contribution is -1.78. The second-order valence-electron chi connectivity index (χ2n) is 1.94. The molecule has 0 aromatic heterocycles. The summed E-state index contributed by atoms with van der Waals surface area (Å²) in [6.07, 6.45) is 6.62. The van der Waals surface area contributed by atoms with E-state index in [4.69, 9.17) is 6.42 Å². The number of terminal acetylenes is 1. The molecule has 0 saturated carbocycles. The fourth-order valence-corrected chi connectivity index (χ4v) is 0.339. The molecular weight excluding hydrogens is 144 g/mol. The van der Waals surface area contributed by atoms with E-state index in [0.29, 0.717) is 0 Å². The summed E-state index contributed by atoms with van der Waals surface area (Å²) in [5.41, 5.74) is 0. The van der Waals surface area contributed by atoms with E-state index in [-0.39, 0.29) is 5.92 Å². The average molecular weight is 152 g/mol. The number of hydrogen-bond donors (Lipinski definition) is 0. The highest BCUT2D eigenvalue weighted by Crippen LogP contribution is 1.89. The van der Waals surface area contributed by atoms with E-state index in [1.807, 2.05) is 6.92 Å². The normalized spacial score (nSPS) is 8.00. The highest BCUT2D eigenvalue weighted by molar-refractivity contribution is 5.39. The van der Waals surface area contributed by atoms with Crippen molar-refractivity contribution in [1.82, 2.24) is 0 Å². The van der Waals surface area contributed by atoms with Crippen LogP contribution in [-0.4, -0.2) is 0 Å². The van der Waals surface area contributed by atoms with Crippen molar-refractivity contribution in [2.75, 3.05) is 0 Å². The van der Waals surface area contributed by atoms with Gasteiger partial charge in [0.25, 0.3) is 0 Å². The average Bonchev–Trinajstić information content (AvgIpc) is 2.10. The van der Waals surface area contributed by atoms with Gasteiger partial charge in [0.1, 0.15) is 0 Å². The van der Waals surface area contributed by atoms with Crippen molar-refractivity contribution in [1.29, 1.82) is 0 Å². The Balaban J connectivity index is 4.08. The van der Waals surface area contributed by atoms with Gasteiger partial charge in [-0.05, 0) is 42.4 Å². The Hall–Kier alpha value is -2.02. The molecule has 1 unspecified atom stereocenters. The summed E-state index contributed by atoms with van der Waals surface area (Å²) in [7, 11) is 0. The van der Waals surface area contributed by atoms with Gasteiger partial charge in [-0.15, -0.1) is 13.0 Å². The van der Waals surface area contributed by atoms with Crippen LogP contribution in [0.1, 0.15) is 6.92 Å². The zero-order valence-corrected chi connectivity index (χ0v) is 6.94. The minimum absolute atomic E-state index is 0.167. The summed E-state index contributed by atoms with van der Waals surface area (Å²) >= 11 is 0. The molecule has 56 valence electrons. The first-order valence-electron chi connectivity index (χ1n) is 3.40. The molecule has 0 heterocycles. The Morgan fingerprint density at radius 2 is 1.75 bits per heavy atom. The van der Waals surface area contributed by atoms with E-state index in [2.05, 4.69) is 48.0 Å². The molecule has 0 aliphatic heterocycles. The van der Waals surface area contributed by atoms with Gasteiger partial charge in [-0.1, -0.05) is 12.0 Å². The van der Waals surface area contributed by atoms with E-state index < -0.39 is 0 Å². The van der Waals surface area contributed by atoms with Crippen LogP contribution in [0.15, 0.2) is 12.7 Å². The first-order valence-corrected chi connectivity index (χ1v) is 3.40. The molecular formula is C12H8. The van der Waals surface area contributed by atoms with Crippen molar-refractivity contribution in [3.63, 3.8) is 0 Å². The molecule has 0 aliphatic rings. The quantitative estimate of drug-likeness (QED) is 0.394. The van der Waals surface area contributed by atoms with E-state index in [9.17, 15) is 0 Å². The van der Waals surface area contributed by atoms with Gasteiger partial charge >= 0.3 is 0 Å². The van der Waals surface area contributed by atoms with Crippen molar-refractivity contribution in [3.8, 4) is 47.9 Å². The molecule has 0 spiro atoms. The SMILES string of the molecule is C#CC#CC#CC#CC(C)C=C. The van der Waals surface area contributed by atoms with Crippen LogP contribution in [0.2, 0.25) is 0 Å². The first kappa shape index (κ1) is 9.98. The largest absolute Gasteiger partial charge is 0.106 e. The second-order valence-corrected chi connectivity index (χ2v) is 1.94. The van der Waals surface area contributed by atoms with Gasteiger partial charge in [0, 0.05) is 5.92 Å². The molecule has 0 fully saturated rings. The Morgan fingerprint density at radius 3 is 2.33 bits per heavy atom. The molecule has 0 amide bonds. The van der Waals surface area contributed by atoms with Gasteiger partial charge in [-0.3, -0.25) is 0 Å². The zero-order valence-electron chi connectivity index (χ0n) is 6.94. The lowest BCUT2D eigenvalue weighted by molar-refractivity contribution is 0.985. The van der Waals surface area contributed by atoms with E-state index in [1.54, 1.807) is 6.08 Å². The monoisotopic (exact) mass is 152 g/mol. The van der Waals surface area contributed by atoms with Crippen molar-refractivity contribution in [2.24, 2.45) is 5.92 Å². The van der Waals surface area contributed by atoms with Crippen LogP contribution in [0.25, 0.3) is 0 Å². The summed E-state index contributed by atoms with van der Waals surface area (Å²) in [4.78, 5) is 0. The standard InChI is InChI=1S/C12H8/c1-4-6-7-8-9-10-11-12(3)5-2/h1,5,12H,2H2,3H3. The van der Waals surface area contributed by atoms with Crippen LogP contribution < -0.4 is 0 Å². The third-order valence-electron chi connectivity index (χ3n) is 0.976. The third-order valence-corrected chi connectivity index (χ3v) is 0.976. The van der Waals surface area contributed by atoms with Crippen LogP contribution in [0, 0.1) is 53.8 Å². The van der Waals surface area contributed by atoms with E-state index in [0.717, 1.165) is 0 Å². The molecule has 0 aromatic rings. The van der Waals surface area contributed by atoms with Gasteiger partial charge in [0.05, 0.1) is 0 Å². The molecule has 12 heavy (non-hydrogen) atoms. The summed E-state index contributed by atoms with van der Waals surface area (Å²) < 4.78 is 0. The molecule has 0 saturated heterocycles. The van der Waals surface area contributed by atoms with Crippen LogP contribution in [0.5, 0.6) is 0 Å². The maximum absolute atomic E-state index is 4.87. The fourth-order valence-electron chi connectivity index (χ4n) is 0.339. The smallest absolute Gasteiger partial charge is 0.0361 e. The van der Waals surface area contributed by atoms with E-state index >= 15 is 0 Å². The number of allylic oxidation sites excluding steroid dienone is 1. The van der Waals surface area contributed by atoms with Gasteiger partial charge in [-0.25, -0.2) is 0 Å². The molecule has 0 heteroatoms. The van der Waals surface area contributed by atoms with Gasteiger partial charge in [0.15, 0.2) is 0 Å². The summed E-state index contributed by atoms with van der Waals surface area (Å²) in [6, 6.07) is 0. The topological polar surface area (TPSA) is 0 Å². The zero-order chi connectivity index (χ0) is 9.23. The molecule has 1 atom stereocenters. The van der Waals surface area contributed by atoms with Gasteiger partial charge in [0.2, 0.25) is 0 Å². The third kappa shape index (κ3) is 6.11. The molecule has 0 nitrogen and oxygen atoms in total. The lowest BCUT2D eigenvalue weighted by atomic mass is 10.2. The molecule has 0 aliphatic carbocycles. The number of hydrogen-bond acceptors (Lipinski definition) is 0. The molecule has 0 aromatic carbocycles. The predicted molar refractivity (Wildman–Crippen MR) is 51.5 cm³/mol. The highest BCUT2D eigenvalue weighted by atomic mass is 13.8. The Morgan fingerprint density at radius 1 is 1.17 bits per heavy atom. The second kappa shape index (κ2) is 7.09. The number of rotatable bonds is 1. The van der Waals surface area contributed by atoms with Crippen LogP contribution in [0.4, 0.5) is 0 Å². The summed E-state index contributed by atoms with van der Waals surface area (Å²) in [5, 5.41) is 0. The van der Waals surface area contributed by atoms with Gasteiger partial charge in [-0.2, -0.15) is 0 Å². The lowest BCUT2D eigenvalue weighted by Gasteiger charge is -1.85. The van der Waals surface area contributed by atoms with Crippen molar-refractivity contribution >= 4 is 0 Å². The minimum atomic E-state index is 0.167. The Kier molecular flexibility index (Phi) is 5.90. The van der Waals surface area contributed by atoms with Gasteiger partial charge < -0.3 is 0 Å². The summed E-state index contributed by atoms with van der Waals surface area (Å²) in [6.45, 7) is 5.52. The summed E-state index contributed by atoms with van der Waals surface area (Å²) in [5.74, 6) is 17.7. The van der Waals surface area contributed by atoms with Crippen molar-refractivity contribution in [2.45, 2.75) is 6.92 Å². The minimum Gasteiger partial charge on any atom is -0.106 e. The highest BCUT2D eigenvalue weighted by Gasteiger charge is 1.81. The van der Waals surface area contributed by atoms with E-state index in [1.165, 1.54) is 0 Å². The Bertz CT molecular complexity index is 358. The maximum atomic E-state index is 4.87. The molecule has 0 N–H and O–H groups in total. The molecule has 0 bridgehead atoms. The maximum Gasteiger partial charge on any atom is 0.0361 e. The molecule has 0 rings (SSSR count). The van der Waals surface area contributed by atoms with Crippen LogP contribution >= 0.6 is 0 Å². The van der Waals surface area contributed by atoms with Crippen molar-refractivity contribution in [3.05, 3.63) is 12.7 Å². The van der Waals surface area contributed by atoms with Crippen LogP contribution in [0.3, 0.4) is 0 Å². The molecule has 0 radical (unpaired) electrons.